The van der Waals surface area contributed by atoms with Crippen molar-refractivity contribution in [1.29, 1.82) is 0 Å². The van der Waals surface area contributed by atoms with E-state index in [1.807, 2.05) is 6.92 Å². The van der Waals surface area contributed by atoms with Gasteiger partial charge in [0.2, 0.25) is 0 Å². The fourth-order valence-electron chi connectivity index (χ4n) is 4.86. The molecule has 3 aromatic carbocycles. The van der Waals surface area contributed by atoms with Crippen molar-refractivity contribution in [3.05, 3.63) is 83.4 Å². The van der Waals surface area contributed by atoms with E-state index in [9.17, 15) is 4.79 Å². The van der Waals surface area contributed by atoms with Crippen LogP contribution in [0, 0.1) is 5.92 Å². The summed E-state index contributed by atoms with van der Waals surface area (Å²) in [5.74, 6) is 0.566. The summed E-state index contributed by atoms with van der Waals surface area (Å²) < 4.78 is 6.14. The van der Waals surface area contributed by atoms with Gasteiger partial charge in [0.05, 0.1) is 5.92 Å². The molecule has 4 rings (SSSR count). The van der Waals surface area contributed by atoms with Crippen molar-refractivity contribution < 1.29 is 9.53 Å². The first-order valence-electron chi connectivity index (χ1n) is 11.8. The van der Waals surface area contributed by atoms with E-state index in [2.05, 4.69) is 80.6 Å². The molecule has 1 fully saturated rings. The first-order valence-corrected chi connectivity index (χ1v) is 11.8. The van der Waals surface area contributed by atoms with Crippen molar-refractivity contribution in [3.63, 3.8) is 0 Å². The van der Waals surface area contributed by atoms with Gasteiger partial charge in [-0.15, -0.1) is 0 Å². The van der Waals surface area contributed by atoms with E-state index in [0.717, 1.165) is 31.2 Å². The first kappa shape index (κ1) is 21.6. The minimum atomic E-state index is -0.243. The Kier molecular flexibility index (Phi) is 6.75. The van der Waals surface area contributed by atoms with Gasteiger partial charge in [-0.3, -0.25) is 4.79 Å². The molecule has 162 valence electrons. The van der Waals surface area contributed by atoms with Gasteiger partial charge < -0.3 is 4.74 Å². The maximum atomic E-state index is 13.0. The van der Waals surface area contributed by atoms with Crippen LogP contribution in [-0.2, 0) is 16.0 Å². The van der Waals surface area contributed by atoms with Crippen LogP contribution in [0.2, 0.25) is 0 Å². The maximum Gasteiger partial charge on any atom is 0.313 e. The molecule has 0 heterocycles. The zero-order valence-corrected chi connectivity index (χ0v) is 19.0. The number of ether oxygens (including phenoxy) is 1. The molecule has 1 saturated carbocycles. The Hall–Kier alpha value is -2.61. The quantitative estimate of drug-likeness (QED) is 0.392. The predicted molar refractivity (Wildman–Crippen MR) is 128 cm³/mol. The average molecular weight is 415 g/mol. The molecule has 0 aliphatic heterocycles. The van der Waals surface area contributed by atoms with Crippen LogP contribution in [0.5, 0.6) is 0 Å². The van der Waals surface area contributed by atoms with E-state index in [4.69, 9.17) is 4.74 Å². The fraction of sp³-hybridized carbons (Fsp3) is 0.414. The van der Waals surface area contributed by atoms with Gasteiger partial charge in [-0.25, -0.2) is 0 Å². The number of hydrogen-bond acceptors (Lipinski definition) is 2. The van der Waals surface area contributed by atoms with E-state index >= 15 is 0 Å². The third-order valence-electron chi connectivity index (χ3n) is 6.65. The Labute approximate surface area is 186 Å². The van der Waals surface area contributed by atoms with Gasteiger partial charge in [0, 0.05) is 5.92 Å². The molecule has 2 nitrogen and oxygen atoms in total. The summed E-state index contributed by atoms with van der Waals surface area (Å²) in [6.07, 6.45) is 5.37. The van der Waals surface area contributed by atoms with Crippen molar-refractivity contribution in [2.45, 2.75) is 70.8 Å². The van der Waals surface area contributed by atoms with E-state index in [0.29, 0.717) is 5.92 Å². The number of benzene rings is 3. The Balaban J connectivity index is 1.47. The average Bonchev–Trinajstić information content (AvgIpc) is 2.79. The van der Waals surface area contributed by atoms with Crippen LogP contribution >= 0.6 is 0 Å². The molecule has 0 saturated heterocycles. The zero-order valence-electron chi connectivity index (χ0n) is 19.0. The minimum Gasteiger partial charge on any atom is -0.461 e. The molecule has 3 atom stereocenters. The Bertz CT molecular complexity index is 1020. The molecular formula is C29H34O2. The number of carbonyl (C=O) groups is 1. The van der Waals surface area contributed by atoms with Crippen LogP contribution in [0.25, 0.3) is 10.8 Å². The second-order valence-corrected chi connectivity index (χ2v) is 9.53. The molecule has 0 amide bonds. The third kappa shape index (κ3) is 5.18. The second kappa shape index (κ2) is 9.68. The van der Waals surface area contributed by atoms with E-state index in [-0.39, 0.29) is 23.9 Å². The van der Waals surface area contributed by atoms with Crippen LogP contribution in [0.3, 0.4) is 0 Å². The van der Waals surface area contributed by atoms with E-state index < -0.39 is 0 Å². The topological polar surface area (TPSA) is 26.3 Å². The molecule has 3 aromatic rings. The number of hydrogen-bond donors (Lipinski definition) is 0. The molecule has 0 spiro atoms. The Morgan fingerprint density at radius 3 is 2.35 bits per heavy atom. The van der Waals surface area contributed by atoms with E-state index in [1.165, 1.54) is 28.3 Å². The molecule has 0 aromatic heterocycles. The summed E-state index contributed by atoms with van der Waals surface area (Å²) in [4.78, 5) is 13.0. The van der Waals surface area contributed by atoms with Crippen molar-refractivity contribution in [3.8, 4) is 0 Å². The van der Waals surface area contributed by atoms with Gasteiger partial charge in [-0.2, -0.15) is 0 Å². The molecular weight excluding hydrogens is 380 g/mol. The summed E-state index contributed by atoms with van der Waals surface area (Å²) in [6.45, 7) is 6.42. The van der Waals surface area contributed by atoms with Gasteiger partial charge in [0.15, 0.2) is 0 Å². The van der Waals surface area contributed by atoms with Gasteiger partial charge in [-0.05, 0) is 66.0 Å². The molecule has 0 radical (unpaired) electrons. The normalized spacial score (nSPS) is 20.0. The number of rotatable bonds is 6. The van der Waals surface area contributed by atoms with E-state index in [1.54, 1.807) is 0 Å². The summed E-state index contributed by atoms with van der Waals surface area (Å²) in [6, 6.07) is 23.6. The molecule has 0 unspecified atom stereocenters. The summed E-state index contributed by atoms with van der Waals surface area (Å²) in [5.41, 5.74) is 3.65. The summed E-state index contributed by atoms with van der Waals surface area (Å²) in [7, 11) is 0. The lowest BCUT2D eigenvalue weighted by Crippen LogP contribution is -2.30. The third-order valence-corrected chi connectivity index (χ3v) is 6.65. The summed E-state index contributed by atoms with van der Waals surface area (Å²) in [5, 5.41) is 2.51. The molecule has 0 bridgehead atoms. The predicted octanol–water partition coefficient (Wildman–Crippen LogP) is 7.41. The van der Waals surface area contributed by atoms with Gasteiger partial charge in [-0.1, -0.05) is 87.0 Å². The highest BCUT2D eigenvalue weighted by molar-refractivity contribution is 5.83. The van der Waals surface area contributed by atoms with Crippen molar-refractivity contribution in [2.75, 3.05) is 0 Å². The largest absolute Gasteiger partial charge is 0.461 e. The molecule has 1 aliphatic carbocycles. The Morgan fingerprint density at radius 2 is 1.61 bits per heavy atom. The first-order chi connectivity index (χ1) is 15.0. The second-order valence-electron chi connectivity index (χ2n) is 9.53. The van der Waals surface area contributed by atoms with Crippen molar-refractivity contribution >= 4 is 16.7 Å². The van der Waals surface area contributed by atoms with Crippen LogP contribution in [-0.4, -0.2) is 12.1 Å². The highest BCUT2D eigenvalue weighted by atomic mass is 16.5. The maximum absolute atomic E-state index is 13.0. The molecule has 0 N–H and O–H groups in total. The lowest BCUT2D eigenvalue weighted by Gasteiger charge is -2.32. The van der Waals surface area contributed by atoms with Crippen LogP contribution in [0.1, 0.15) is 75.0 Å². The zero-order chi connectivity index (χ0) is 21.8. The van der Waals surface area contributed by atoms with Crippen LogP contribution in [0.15, 0.2) is 66.7 Å². The van der Waals surface area contributed by atoms with Crippen molar-refractivity contribution in [1.82, 2.24) is 0 Å². The van der Waals surface area contributed by atoms with Gasteiger partial charge >= 0.3 is 5.97 Å². The lowest BCUT2D eigenvalue weighted by molar-refractivity contribution is -0.153. The summed E-state index contributed by atoms with van der Waals surface area (Å²) >= 11 is 0. The van der Waals surface area contributed by atoms with Gasteiger partial charge in [0.1, 0.15) is 6.10 Å². The van der Waals surface area contributed by atoms with Gasteiger partial charge in [0.25, 0.3) is 0 Å². The Morgan fingerprint density at radius 1 is 0.903 bits per heavy atom. The monoisotopic (exact) mass is 414 g/mol. The van der Waals surface area contributed by atoms with Crippen LogP contribution in [0.4, 0.5) is 0 Å². The smallest absolute Gasteiger partial charge is 0.313 e. The number of esters is 1. The SMILES string of the molecule is CC(C)Cc1ccc([C@H](C)C(=O)O[C@@H]2CCCC[C@H]2c2ccc3ccccc3c2)cc1. The number of carbonyl (C=O) groups excluding carboxylic acids is 1. The molecule has 31 heavy (non-hydrogen) atoms. The minimum absolute atomic E-state index is 0.0370. The highest BCUT2D eigenvalue weighted by Crippen LogP contribution is 2.37. The number of fused-ring (bicyclic) bond motifs is 1. The lowest BCUT2D eigenvalue weighted by atomic mass is 9.81. The fourth-order valence-corrected chi connectivity index (χ4v) is 4.86. The van der Waals surface area contributed by atoms with Crippen molar-refractivity contribution in [2.24, 2.45) is 5.92 Å². The molecule has 1 aliphatic rings. The molecule has 2 heteroatoms. The standard InChI is InChI=1S/C29H34O2/c1-20(2)18-22-12-14-23(15-13-22)21(3)29(30)31-28-11-7-6-10-27(28)26-17-16-24-8-4-5-9-25(24)19-26/h4-5,8-9,12-17,19-21,27-28H,6-7,10-11,18H2,1-3H3/t21-,27-,28+/m0/s1. The van der Waals surface area contributed by atoms with Crippen LogP contribution < -0.4 is 0 Å². The highest BCUT2D eigenvalue weighted by Gasteiger charge is 2.31.